The van der Waals surface area contributed by atoms with Crippen molar-refractivity contribution < 1.29 is 9.90 Å². The molecule has 120 valence electrons. The second kappa shape index (κ2) is 7.44. The fourth-order valence-corrected chi connectivity index (χ4v) is 2.33. The molecule has 0 aliphatic carbocycles. The average Bonchev–Trinajstić information content (AvgIpc) is 2.54. The van der Waals surface area contributed by atoms with E-state index in [1.165, 1.54) is 6.08 Å². The number of rotatable bonds is 5. The van der Waals surface area contributed by atoms with Crippen molar-refractivity contribution in [2.75, 3.05) is 6.54 Å². The van der Waals surface area contributed by atoms with Gasteiger partial charge in [0.2, 0.25) is 5.91 Å². The number of carbonyl (C=O) groups excluding carboxylic acids is 1. The smallest absolute Gasteiger partial charge is 0.244 e. The van der Waals surface area contributed by atoms with Gasteiger partial charge in [-0.15, -0.1) is 0 Å². The molecule has 0 aliphatic heterocycles. The number of aliphatic hydroxyl groups is 1. The van der Waals surface area contributed by atoms with E-state index in [2.05, 4.69) is 5.32 Å². The van der Waals surface area contributed by atoms with Crippen molar-refractivity contribution in [1.29, 1.82) is 0 Å². The van der Waals surface area contributed by atoms with E-state index >= 15 is 0 Å². The highest BCUT2D eigenvalue weighted by molar-refractivity contribution is 6.30. The number of carbonyl (C=O) groups is 1. The van der Waals surface area contributed by atoms with Crippen LogP contribution in [0.4, 0.5) is 0 Å². The second-order valence-electron chi connectivity index (χ2n) is 5.69. The van der Waals surface area contributed by atoms with Crippen molar-refractivity contribution in [2.24, 2.45) is 0 Å². The predicted octanol–water partition coefficient (Wildman–Crippen LogP) is 3.77. The molecular formula is C19H20ClNO2. The molecule has 0 heterocycles. The van der Waals surface area contributed by atoms with Gasteiger partial charge in [-0.3, -0.25) is 4.79 Å². The van der Waals surface area contributed by atoms with Crippen LogP contribution in [0.1, 0.15) is 25.0 Å². The van der Waals surface area contributed by atoms with Crippen molar-refractivity contribution in [3.05, 3.63) is 76.8 Å². The summed E-state index contributed by atoms with van der Waals surface area (Å²) in [5.41, 5.74) is 1.40. The first kappa shape index (κ1) is 17.3. The second-order valence-corrected chi connectivity index (χ2v) is 6.13. The molecule has 2 aromatic rings. The molecule has 0 saturated heterocycles. The third-order valence-corrected chi connectivity index (χ3v) is 3.90. The van der Waals surface area contributed by atoms with E-state index in [1.54, 1.807) is 31.2 Å². The molecule has 1 atom stereocenters. The molecule has 0 aliphatic rings. The van der Waals surface area contributed by atoms with Gasteiger partial charge < -0.3 is 10.4 Å². The van der Waals surface area contributed by atoms with Crippen molar-refractivity contribution in [3.63, 3.8) is 0 Å². The van der Waals surface area contributed by atoms with Crippen LogP contribution in [0.2, 0.25) is 5.02 Å². The van der Waals surface area contributed by atoms with Gasteiger partial charge in [-0.2, -0.15) is 0 Å². The van der Waals surface area contributed by atoms with Gasteiger partial charge in [0.05, 0.1) is 6.54 Å². The summed E-state index contributed by atoms with van der Waals surface area (Å²) in [6, 6.07) is 16.6. The summed E-state index contributed by atoms with van der Waals surface area (Å²) < 4.78 is 0. The quantitative estimate of drug-likeness (QED) is 0.820. The summed E-state index contributed by atoms with van der Waals surface area (Å²) in [7, 11) is 0. The molecule has 0 radical (unpaired) electrons. The first-order valence-corrected chi connectivity index (χ1v) is 7.76. The van der Waals surface area contributed by atoms with Gasteiger partial charge in [0, 0.05) is 11.1 Å². The summed E-state index contributed by atoms with van der Waals surface area (Å²) >= 11 is 5.85. The molecule has 2 N–H and O–H groups in total. The van der Waals surface area contributed by atoms with Crippen LogP contribution in [-0.2, 0) is 10.4 Å². The Kier molecular flexibility index (Phi) is 5.59. The highest BCUT2D eigenvalue weighted by Crippen LogP contribution is 2.21. The van der Waals surface area contributed by atoms with Gasteiger partial charge >= 0.3 is 0 Å². The van der Waals surface area contributed by atoms with Crippen LogP contribution in [0.25, 0.3) is 5.57 Å². The van der Waals surface area contributed by atoms with Crippen molar-refractivity contribution in [1.82, 2.24) is 5.32 Å². The molecule has 1 amide bonds. The summed E-state index contributed by atoms with van der Waals surface area (Å²) in [6.07, 6.45) is 1.53. The molecule has 0 saturated carbocycles. The van der Waals surface area contributed by atoms with E-state index in [4.69, 9.17) is 11.6 Å². The average molecular weight is 330 g/mol. The molecular weight excluding hydrogens is 310 g/mol. The van der Waals surface area contributed by atoms with Gasteiger partial charge in [-0.1, -0.05) is 54.1 Å². The molecule has 1 unspecified atom stereocenters. The van der Waals surface area contributed by atoms with Gasteiger partial charge in [0.15, 0.2) is 0 Å². The minimum atomic E-state index is -1.16. The maximum atomic E-state index is 12.0. The van der Waals surface area contributed by atoms with Crippen molar-refractivity contribution >= 4 is 23.1 Å². The van der Waals surface area contributed by atoms with E-state index in [0.717, 1.165) is 11.1 Å². The Morgan fingerprint density at radius 3 is 2.39 bits per heavy atom. The topological polar surface area (TPSA) is 49.3 Å². The molecule has 0 fully saturated rings. The number of hydrogen-bond acceptors (Lipinski definition) is 2. The van der Waals surface area contributed by atoms with Gasteiger partial charge in [0.1, 0.15) is 5.60 Å². The zero-order valence-electron chi connectivity index (χ0n) is 13.2. The van der Waals surface area contributed by atoms with Crippen LogP contribution in [-0.4, -0.2) is 17.6 Å². The van der Waals surface area contributed by atoms with E-state index in [0.29, 0.717) is 10.6 Å². The number of halogens is 1. The minimum Gasteiger partial charge on any atom is -0.384 e. The Labute approximate surface area is 141 Å². The van der Waals surface area contributed by atoms with Crippen molar-refractivity contribution in [2.45, 2.75) is 19.4 Å². The Hall–Kier alpha value is -2.10. The largest absolute Gasteiger partial charge is 0.384 e. The van der Waals surface area contributed by atoms with E-state index in [1.807, 2.05) is 37.3 Å². The zero-order valence-corrected chi connectivity index (χ0v) is 14.0. The number of hydrogen-bond donors (Lipinski definition) is 2. The molecule has 2 rings (SSSR count). The van der Waals surface area contributed by atoms with Crippen molar-refractivity contribution in [3.8, 4) is 0 Å². The highest BCUT2D eigenvalue weighted by Gasteiger charge is 2.23. The summed E-state index contributed by atoms with van der Waals surface area (Å²) in [5.74, 6) is -0.236. The maximum absolute atomic E-state index is 12.0. The lowest BCUT2D eigenvalue weighted by Gasteiger charge is -2.24. The molecule has 23 heavy (non-hydrogen) atoms. The Morgan fingerprint density at radius 2 is 1.78 bits per heavy atom. The molecule has 2 aromatic carbocycles. The normalized spacial score (nSPS) is 14.2. The van der Waals surface area contributed by atoms with Gasteiger partial charge in [-0.25, -0.2) is 0 Å². The predicted molar refractivity (Wildman–Crippen MR) is 94.1 cm³/mol. The number of nitrogens with one attached hydrogen (secondary N) is 1. The fraction of sp³-hybridized carbons (Fsp3) is 0.211. The van der Waals surface area contributed by atoms with E-state index < -0.39 is 5.60 Å². The standard InChI is InChI=1S/C19H20ClNO2/c1-14(15-6-4-3-5-7-15)12-18(22)21-13-19(2,23)16-8-10-17(20)11-9-16/h3-12,23H,13H2,1-2H3,(H,21,22)/b14-12+. The molecule has 3 nitrogen and oxygen atoms in total. The van der Waals surface area contributed by atoms with Gasteiger partial charge in [-0.05, 0) is 42.7 Å². The van der Waals surface area contributed by atoms with Crippen LogP contribution in [0.3, 0.4) is 0 Å². The van der Waals surface area contributed by atoms with Gasteiger partial charge in [0.25, 0.3) is 0 Å². The first-order chi connectivity index (χ1) is 10.9. The Bertz CT molecular complexity index is 691. The van der Waals surface area contributed by atoms with Crippen LogP contribution < -0.4 is 5.32 Å². The van der Waals surface area contributed by atoms with Crippen LogP contribution in [0.5, 0.6) is 0 Å². The lowest BCUT2D eigenvalue weighted by atomic mass is 9.96. The number of benzene rings is 2. The molecule has 0 bridgehead atoms. The lowest BCUT2D eigenvalue weighted by molar-refractivity contribution is -0.117. The first-order valence-electron chi connectivity index (χ1n) is 7.38. The summed E-state index contributed by atoms with van der Waals surface area (Å²) in [5, 5.41) is 13.8. The fourth-order valence-electron chi connectivity index (χ4n) is 2.20. The third kappa shape index (κ3) is 4.95. The lowest BCUT2D eigenvalue weighted by Crippen LogP contribution is -2.38. The Morgan fingerprint density at radius 1 is 1.17 bits per heavy atom. The van der Waals surface area contributed by atoms with E-state index in [9.17, 15) is 9.90 Å². The minimum absolute atomic E-state index is 0.117. The molecule has 4 heteroatoms. The van der Waals surface area contributed by atoms with Crippen LogP contribution >= 0.6 is 11.6 Å². The van der Waals surface area contributed by atoms with E-state index in [-0.39, 0.29) is 12.5 Å². The summed E-state index contributed by atoms with van der Waals surface area (Å²) in [6.45, 7) is 3.66. The number of amides is 1. The zero-order chi connectivity index (χ0) is 16.9. The molecule has 0 spiro atoms. The third-order valence-electron chi connectivity index (χ3n) is 3.65. The monoisotopic (exact) mass is 329 g/mol. The van der Waals surface area contributed by atoms with Crippen LogP contribution in [0, 0.1) is 0 Å². The Balaban J connectivity index is 1.99. The summed E-state index contributed by atoms with van der Waals surface area (Å²) in [4.78, 5) is 12.0. The maximum Gasteiger partial charge on any atom is 0.244 e. The van der Waals surface area contributed by atoms with Crippen LogP contribution in [0.15, 0.2) is 60.7 Å². The number of allylic oxidation sites excluding steroid dienone is 1. The molecule has 0 aromatic heterocycles. The highest BCUT2D eigenvalue weighted by atomic mass is 35.5. The SMILES string of the molecule is C/C(=C\C(=O)NCC(C)(O)c1ccc(Cl)cc1)c1ccccc1.